The van der Waals surface area contributed by atoms with Gasteiger partial charge >= 0.3 is 0 Å². The SMILES string of the molecule is COc1cccc(CNC(=O)CCCN)c1OC1CCCC1.Cl. The van der Waals surface area contributed by atoms with E-state index in [0.29, 0.717) is 25.9 Å². The maximum absolute atomic E-state index is 11.7. The van der Waals surface area contributed by atoms with Crippen LogP contribution < -0.4 is 20.5 Å². The summed E-state index contributed by atoms with van der Waals surface area (Å²) < 4.78 is 11.6. The van der Waals surface area contributed by atoms with E-state index in [1.165, 1.54) is 12.8 Å². The Morgan fingerprint density at radius 2 is 2.09 bits per heavy atom. The van der Waals surface area contributed by atoms with Crippen LogP contribution in [0.1, 0.15) is 44.1 Å². The van der Waals surface area contributed by atoms with Gasteiger partial charge < -0.3 is 20.5 Å². The minimum Gasteiger partial charge on any atom is -0.493 e. The van der Waals surface area contributed by atoms with Gasteiger partial charge in [0.05, 0.1) is 13.2 Å². The van der Waals surface area contributed by atoms with E-state index in [4.69, 9.17) is 15.2 Å². The Bertz CT molecular complexity index is 491. The molecule has 0 radical (unpaired) electrons. The second-order valence-corrected chi connectivity index (χ2v) is 5.64. The summed E-state index contributed by atoms with van der Waals surface area (Å²) in [6, 6.07) is 5.78. The van der Waals surface area contributed by atoms with E-state index in [1.54, 1.807) is 7.11 Å². The number of carbonyl (C=O) groups excluding carboxylic acids is 1. The summed E-state index contributed by atoms with van der Waals surface area (Å²) in [4.78, 5) is 11.7. The number of nitrogens with one attached hydrogen (secondary N) is 1. The lowest BCUT2D eigenvalue weighted by Crippen LogP contribution is -2.24. The quantitative estimate of drug-likeness (QED) is 0.762. The summed E-state index contributed by atoms with van der Waals surface area (Å²) in [5.74, 6) is 1.50. The number of benzene rings is 1. The highest BCUT2D eigenvalue weighted by atomic mass is 35.5. The van der Waals surface area contributed by atoms with E-state index in [1.807, 2.05) is 18.2 Å². The van der Waals surface area contributed by atoms with Gasteiger partial charge in [0.2, 0.25) is 5.91 Å². The lowest BCUT2D eigenvalue weighted by Gasteiger charge is -2.19. The second kappa shape index (κ2) is 10.3. The van der Waals surface area contributed by atoms with E-state index < -0.39 is 0 Å². The van der Waals surface area contributed by atoms with Crippen LogP contribution in [0, 0.1) is 0 Å². The molecule has 1 aliphatic carbocycles. The predicted octanol–water partition coefficient (Wildman–Crippen LogP) is 2.79. The van der Waals surface area contributed by atoms with Gasteiger partial charge in [0.1, 0.15) is 0 Å². The van der Waals surface area contributed by atoms with Crippen LogP contribution in [0.3, 0.4) is 0 Å². The molecule has 0 bridgehead atoms. The van der Waals surface area contributed by atoms with Crippen LogP contribution in [0.2, 0.25) is 0 Å². The Hall–Kier alpha value is -1.46. The molecule has 6 heteroatoms. The van der Waals surface area contributed by atoms with Crippen molar-refractivity contribution in [1.29, 1.82) is 0 Å². The summed E-state index contributed by atoms with van der Waals surface area (Å²) in [6.45, 7) is 0.977. The van der Waals surface area contributed by atoms with Crippen LogP contribution in [-0.4, -0.2) is 25.7 Å². The number of hydrogen-bond donors (Lipinski definition) is 2. The average molecular weight is 343 g/mol. The number of hydrogen-bond acceptors (Lipinski definition) is 4. The molecule has 1 aromatic carbocycles. The summed E-state index contributed by atoms with van der Waals surface area (Å²) in [6.07, 6.45) is 6.01. The molecule has 1 saturated carbocycles. The molecule has 0 atom stereocenters. The molecule has 0 spiro atoms. The van der Waals surface area contributed by atoms with Crippen LogP contribution in [0.4, 0.5) is 0 Å². The Morgan fingerprint density at radius 3 is 2.74 bits per heavy atom. The smallest absolute Gasteiger partial charge is 0.220 e. The van der Waals surface area contributed by atoms with Crippen molar-refractivity contribution in [2.75, 3.05) is 13.7 Å². The average Bonchev–Trinajstić information content (AvgIpc) is 3.04. The van der Waals surface area contributed by atoms with Crippen molar-refractivity contribution in [3.63, 3.8) is 0 Å². The molecule has 23 heavy (non-hydrogen) atoms. The fourth-order valence-corrected chi connectivity index (χ4v) is 2.71. The molecule has 1 aromatic rings. The van der Waals surface area contributed by atoms with Crippen molar-refractivity contribution >= 4 is 18.3 Å². The van der Waals surface area contributed by atoms with Crippen LogP contribution in [0.5, 0.6) is 11.5 Å². The first-order valence-electron chi connectivity index (χ1n) is 8.04. The van der Waals surface area contributed by atoms with E-state index >= 15 is 0 Å². The number of amides is 1. The van der Waals surface area contributed by atoms with Crippen LogP contribution >= 0.6 is 12.4 Å². The van der Waals surface area contributed by atoms with Gasteiger partial charge in [0, 0.05) is 18.5 Å². The molecular weight excluding hydrogens is 316 g/mol. The highest BCUT2D eigenvalue weighted by molar-refractivity contribution is 5.85. The van der Waals surface area contributed by atoms with Crippen molar-refractivity contribution in [3.05, 3.63) is 23.8 Å². The molecule has 1 aliphatic rings. The van der Waals surface area contributed by atoms with Crippen LogP contribution in [0.25, 0.3) is 0 Å². The highest BCUT2D eigenvalue weighted by Gasteiger charge is 2.20. The Labute approximate surface area is 144 Å². The predicted molar refractivity (Wildman–Crippen MR) is 93.3 cm³/mol. The molecule has 130 valence electrons. The molecule has 1 fully saturated rings. The van der Waals surface area contributed by atoms with Crippen molar-refractivity contribution in [3.8, 4) is 11.5 Å². The zero-order valence-corrected chi connectivity index (χ0v) is 14.5. The first-order chi connectivity index (χ1) is 10.7. The molecule has 5 nitrogen and oxygen atoms in total. The molecule has 2 rings (SSSR count). The number of nitrogens with two attached hydrogens (primary N) is 1. The molecule has 3 N–H and O–H groups in total. The maximum atomic E-state index is 11.7. The van der Waals surface area contributed by atoms with E-state index in [-0.39, 0.29) is 24.4 Å². The van der Waals surface area contributed by atoms with Crippen molar-refractivity contribution < 1.29 is 14.3 Å². The number of carbonyl (C=O) groups is 1. The first-order valence-corrected chi connectivity index (χ1v) is 8.04. The summed E-state index contributed by atoms with van der Waals surface area (Å²) in [5, 5.41) is 2.92. The van der Waals surface area contributed by atoms with Gasteiger partial charge in [-0.2, -0.15) is 0 Å². The fourth-order valence-electron chi connectivity index (χ4n) is 2.71. The number of para-hydroxylation sites is 1. The maximum Gasteiger partial charge on any atom is 0.220 e. The monoisotopic (exact) mass is 342 g/mol. The molecule has 0 unspecified atom stereocenters. The lowest BCUT2D eigenvalue weighted by atomic mass is 10.1. The van der Waals surface area contributed by atoms with Crippen molar-refractivity contribution in [2.24, 2.45) is 5.73 Å². The zero-order valence-electron chi connectivity index (χ0n) is 13.7. The number of ether oxygens (including phenoxy) is 2. The van der Waals surface area contributed by atoms with Crippen molar-refractivity contribution in [1.82, 2.24) is 5.32 Å². The van der Waals surface area contributed by atoms with Gasteiger partial charge in [-0.3, -0.25) is 4.79 Å². The Kier molecular flexibility index (Phi) is 8.81. The van der Waals surface area contributed by atoms with Gasteiger partial charge in [-0.05, 0) is 44.7 Å². The minimum absolute atomic E-state index is 0. The van der Waals surface area contributed by atoms with Gasteiger partial charge in [0.25, 0.3) is 0 Å². The third-order valence-corrected chi connectivity index (χ3v) is 3.95. The number of methoxy groups -OCH3 is 1. The number of rotatable bonds is 8. The zero-order chi connectivity index (χ0) is 15.8. The van der Waals surface area contributed by atoms with Gasteiger partial charge in [-0.1, -0.05) is 12.1 Å². The van der Waals surface area contributed by atoms with Crippen molar-refractivity contribution in [2.45, 2.75) is 51.2 Å². The standard InChI is InChI=1S/C17H26N2O3.ClH/c1-21-15-9-4-6-13(12-19-16(20)10-5-11-18)17(15)22-14-7-2-3-8-14;/h4,6,9,14H,2-3,5,7-8,10-12,18H2,1H3,(H,19,20);1H. The summed E-state index contributed by atoms with van der Waals surface area (Å²) in [5.41, 5.74) is 6.37. The van der Waals surface area contributed by atoms with E-state index in [0.717, 1.165) is 29.9 Å². The normalized spacial score (nSPS) is 14.2. The molecular formula is C17H27ClN2O3. The molecule has 0 aliphatic heterocycles. The number of halogens is 1. The van der Waals surface area contributed by atoms with Gasteiger partial charge in [-0.15, -0.1) is 12.4 Å². The molecule has 0 aromatic heterocycles. The van der Waals surface area contributed by atoms with Gasteiger partial charge in [0.15, 0.2) is 11.5 Å². The van der Waals surface area contributed by atoms with E-state index in [9.17, 15) is 4.79 Å². The lowest BCUT2D eigenvalue weighted by molar-refractivity contribution is -0.121. The van der Waals surface area contributed by atoms with Crippen LogP contribution in [0.15, 0.2) is 18.2 Å². The highest BCUT2D eigenvalue weighted by Crippen LogP contribution is 2.34. The molecule has 0 saturated heterocycles. The van der Waals surface area contributed by atoms with E-state index in [2.05, 4.69) is 5.32 Å². The molecule has 1 amide bonds. The largest absolute Gasteiger partial charge is 0.493 e. The van der Waals surface area contributed by atoms with Crippen LogP contribution in [-0.2, 0) is 11.3 Å². The summed E-state index contributed by atoms with van der Waals surface area (Å²) in [7, 11) is 1.64. The minimum atomic E-state index is 0. The third kappa shape index (κ3) is 5.92. The summed E-state index contributed by atoms with van der Waals surface area (Å²) >= 11 is 0. The second-order valence-electron chi connectivity index (χ2n) is 5.64. The van der Waals surface area contributed by atoms with Gasteiger partial charge in [-0.25, -0.2) is 0 Å². The Balaban J connectivity index is 0.00000264. The Morgan fingerprint density at radius 1 is 1.35 bits per heavy atom. The topological polar surface area (TPSA) is 73.6 Å². The first kappa shape index (κ1) is 19.6. The molecule has 0 heterocycles. The fraction of sp³-hybridized carbons (Fsp3) is 0.588. The third-order valence-electron chi connectivity index (χ3n) is 3.95.